The Balaban J connectivity index is 2.14. The molecule has 2 heterocycles. The highest BCUT2D eigenvalue weighted by molar-refractivity contribution is 5.38. The third-order valence-corrected chi connectivity index (χ3v) is 3.96. The van der Waals surface area contributed by atoms with Gasteiger partial charge in [0.1, 0.15) is 11.6 Å². The van der Waals surface area contributed by atoms with Crippen LogP contribution in [0.1, 0.15) is 22.9 Å². The maximum Gasteiger partial charge on any atom is 0.416 e. The minimum Gasteiger partial charge on any atom is -0.467 e. The Morgan fingerprint density at radius 3 is 2.43 bits per heavy atom. The summed E-state index contributed by atoms with van der Waals surface area (Å²) in [5.74, 6) is -0.567. The van der Waals surface area contributed by atoms with Crippen molar-refractivity contribution in [2.75, 3.05) is 26.2 Å². The molecule has 2 aromatic rings. The van der Waals surface area contributed by atoms with Crippen LogP contribution in [0.2, 0.25) is 0 Å². The summed E-state index contributed by atoms with van der Waals surface area (Å²) >= 11 is 0. The topological polar surface area (TPSA) is 28.4 Å². The molecule has 1 aliphatic rings. The molecule has 0 aliphatic carbocycles. The van der Waals surface area contributed by atoms with Gasteiger partial charge in [-0.2, -0.15) is 13.2 Å². The lowest BCUT2D eigenvalue weighted by Gasteiger charge is -2.35. The van der Waals surface area contributed by atoms with E-state index in [4.69, 9.17) is 4.42 Å². The van der Waals surface area contributed by atoms with E-state index >= 15 is 0 Å². The van der Waals surface area contributed by atoms with Gasteiger partial charge >= 0.3 is 6.18 Å². The van der Waals surface area contributed by atoms with Crippen molar-refractivity contribution < 1.29 is 22.0 Å². The number of hydrogen-bond donors (Lipinski definition) is 1. The predicted molar refractivity (Wildman–Crippen MR) is 76.4 cm³/mol. The van der Waals surface area contributed by atoms with Gasteiger partial charge in [-0.05, 0) is 24.3 Å². The molecule has 0 saturated carbocycles. The molecule has 1 N–H and O–H groups in total. The van der Waals surface area contributed by atoms with Crippen molar-refractivity contribution in [3.05, 3.63) is 59.3 Å². The molecule has 124 valence electrons. The van der Waals surface area contributed by atoms with E-state index in [-0.39, 0.29) is 5.56 Å². The van der Waals surface area contributed by atoms with E-state index in [1.54, 1.807) is 12.1 Å². The Hall–Kier alpha value is -1.86. The summed E-state index contributed by atoms with van der Waals surface area (Å²) in [5, 5.41) is 3.14. The normalized spacial score (nSPS) is 18.1. The maximum absolute atomic E-state index is 14.4. The molecule has 1 aromatic carbocycles. The molecule has 1 saturated heterocycles. The molecule has 23 heavy (non-hydrogen) atoms. The van der Waals surface area contributed by atoms with E-state index in [0.717, 1.165) is 18.2 Å². The molecule has 0 unspecified atom stereocenters. The van der Waals surface area contributed by atoms with Crippen LogP contribution < -0.4 is 5.32 Å². The molecular weight excluding hydrogens is 312 g/mol. The summed E-state index contributed by atoms with van der Waals surface area (Å²) in [5.41, 5.74) is -1.34. The molecule has 0 bridgehead atoms. The van der Waals surface area contributed by atoms with Gasteiger partial charge in [-0.15, -0.1) is 0 Å². The first kappa shape index (κ1) is 16.0. The van der Waals surface area contributed by atoms with Gasteiger partial charge in [0.2, 0.25) is 0 Å². The SMILES string of the molecule is Fc1cccc(C(F)(F)F)c1[C@H](c1ccco1)N1CCNCC1. The molecule has 0 radical (unpaired) electrons. The van der Waals surface area contributed by atoms with E-state index in [1.165, 1.54) is 6.26 Å². The number of benzene rings is 1. The zero-order valence-corrected chi connectivity index (χ0v) is 12.2. The second-order valence-corrected chi connectivity index (χ2v) is 5.40. The third kappa shape index (κ3) is 3.25. The first-order valence-electron chi connectivity index (χ1n) is 7.32. The monoisotopic (exact) mass is 328 g/mol. The molecule has 3 rings (SSSR count). The number of alkyl halides is 3. The van der Waals surface area contributed by atoms with Gasteiger partial charge in [-0.3, -0.25) is 4.90 Å². The van der Waals surface area contributed by atoms with Crippen molar-refractivity contribution in [1.82, 2.24) is 10.2 Å². The lowest BCUT2D eigenvalue weighted by Crippen LogP contribution is -2.46. The van der Waals surface area contributed by atoms with E-state index in [9.17, 15) is 17.6 Å². The molecule has 0 amide bonds. The second-order valence-electron chi connectivity index (χ2n) is 5.40. The zero-order valence-electron chi connectivity index (χ0n) is 12.2. The highest BCUT2D eigenvalue weighted by Crippen LogP contribution is 2.40. The van der Waals surface area contributed by atoms with Crippen molar-refractivity contribution >= 4 is 0 Å². The molecule has 3 nitrogen and oxygen atoms in total. The summed E-state index contributed by atoms with van der Waals surface area (Å²) in [7, 11) is 0. The Morgan fingerprint density at radius 2 is 1.83 bits per heavy atom. The van der Waals surface area contributed by atoms with Crippen LogP contribution in [0.25, 0.3) is 0 Å². The van der Waals surface area contributed by atoms with Gasteiger partial charge in [-0.25, -0.2) is 4.39 Å². The molecule has 1 aliphatic heterocycles. The first-order valence-corrected chi connectivity index (χ1v) is 7.32. The minimum absolute atomic E-state index is 0.308. The third-order valence-electron chi connectivity index (χ3n) is 3.96. The quantitative estimate of drug-likeness (QED) is 0.875. The minimum atomic E-state index is -4.63. The van der Waals surface area contributed by atoms with Gasteiger partial charge in [0.25, 0.3) is 0 Å². The standard InChI is InChI=1S/C16H16F4N2O/c17-12-4-1-3-11(16(18,19)20)14(12)15(13-5-2-10-23-13)22-8-6-21-7-9-22/h1-5,10,15,21H,6-9H2/t15-/m0/s1. The van der Waals surface area contributed by atoms with E-state index < -0.39 is 23.6 Å². The van der Waals surface area contributed by atoms with Crippen LogP contribution in [-0.4, -0.2) is 31.1 Å². The van der Waals surface area contributed by atoms with Crippen LogP contribution in [-0.2, 0) is 6.18 Å². The number of halogens is 4. The van der Waals surface area contributed by atoms with E-state index in [1.807, 2.05) is 4.90 Å². The highest BCUT2D eigenvalue weighted by Gasteiger charge is 2.39. The van der Waals surface area contributed by atoms with E-state index in [2.05, 4.69) is 5.32 Å². The van der Waals surface area contributed by atoms with Crippen molar-refractivity contribution in [3.63, 3.8) is 0 Å². The fourth-order valence-corrected chi connectivity index (χ4v) is 2.95. The average molecular weight is 328 g/mol. The Morgan fingerprint density at radius 1 is 1.09 bits per heavy atom. The number of rotatable bonds is 3. The number of piperazine rings is 1. The van der Waals surface area contributed by atoms with Gasteiger partial charge in [0.15, 0.2) is 0 Å². The van der Waals surface area contributed by atoms with Crippen LogP contribution in [0, 0.1) is 5.82 Å². The number of hydrogen-bond acceptors (Lipinski definition) is 3. The number of nitrogens with zero attached hydrogens (tertiary/aromatic N) is 1. The molecule has 0 spiro atoms. The summed E-state index contributed by atoms with van der Waals surface area (Å²) in [6, 6.07) is 5.33. The average Bonchev–Trinajstić information content (AvgIpc) is 3.03. The van der Waals surface area contributed by atoms with Gasteiger partial charge < -0.3 is 9.73 Å². The molecule has 1 fully saturated rings. The van der Waals surface area contributed by atoms with Crippen molar-refractivity contribution in [3.8, 4) is 0 Å². The lowest BCUT2D eigenvalue weighted by atomic mass is 9.95. The second kappa shape index (κ2) is 6.33. The van der Waals surface area contributed by atoms with Gasteiger partial charge in [0.05, 0.1) is 17.9 Å². The van der Waals surface area contributed by atoms with E-state index in [0.29, 0.717) is 31.9 Å². The Labute approximate surface area is 130 Å². The summed E-state index contributed by atoms with van der Waals surface area (Å²) < 4.78 is 59.8. The number of furan rings is 1. The van der Waals surface area contributed by atoms with Crippen molar-refractivity contribution in [1.29, 1.82) is 0 Å². The van der Waals surface area contributed by atoms with Crippen LogP contribution in [0.4, 0.5) is 17.6 Å². The van der Waals surface area contributed by atoms with Crippen molar-refractivity contribution in [2.24, 2.45) is 0 Å². The molecule has 1 atom stereocenters. The van der Waals surface area contributed by atoms with Gasteiger partial charge in [0, 0.05) is 31.7 Å². The summed E-state index contributed by atoms with van der Waals surface area (Å²) in [6.45, 7) is 2.29. The van der Waals surface area contributed by atoms with Crippen molar-refractivity contribution in [2.45, 2.75) is 12.2 Å². The fourth-order valence-electron chi connectivity index (χ4n) is 2.95. The number of nitrogens with one attached hydrogen (secondary N) is 1. The summed E-state index contributed by atoms with van der Waals surface area (Å²) in [6.07, 6.45) is -3.24. The first-order chi connectivity index (χ1) is 11.0. The molecule has 1 aromatic heterocycles. The maximum atomic E-state index is 14.4. The molecular formula is C16H16F4N2O. The largest absolute Gasteiger partial charge is 0.467 e. The molecule has 7 heteroatoms. The Kier molecular flexibility index (Phi) is 4.41. The van der Waals surface area contributed by atoms with Crippen LogP contribution >= 0.6 is 0 Å². The smallest absolute Gasteiger partial charge is 0.416 e. The van der Waals surface area contributed by atoms with Crippen LogP contribution in [0.5, 0.6) is 0 Å². The lowest BCUT2D eigenvalue weighted by molar-refractivity contribution is -0.139. The van der Waals surface area contributed by atoms with Gasteiger partial charge in [-0.1, -0.05) is 6.07 Å². The fraction of sp³-hybridized carbons (Fsp3) is 0.375. The van der Waals surface area contributed by atoms with Crippen LogP contribution in [0.3, 0.4) is 0 Å². The van der Waals surface area contributed by atoms with Crippen LogP contribution in [0.15, 0.2) is 41.0 Å². The predicted octanol–water partition coefficient (Wildman–Crippen LogP) is 3.43. The Bertz CT molecular complexity index is 649. The summed E-state index contributed by atoms with van der Waals surface area (Å²) in [4.78, 5) is 1.81. The highest BCUT2D eigenvalue weighted by atomic mass is 19.4. The zero-order chi connectivity index (χ0) is 16.4.